The predicted molar refractivity (Wildman–Crippen MR) is 72.7 cm³/mol. The number of hydrogen-bond donors (Lipinski definition) is 2. The molecule has 0 aliphatic heterocycles. The molecule has 0 fully saturated rings. The third-order valence-electron chi connectivity index (χ3n) is 2.78. The van der Waals surface area contributed by atoms with E-state index >= 15 is 0 Å². The topological polar surface area (TPSA) is 138 Å². The Bertz CT molecular complexity index is 478. The molecule has 1 unspecified atom stereocenters. The highest BCUT2D eigenvalue weighted by molar-refractivity contribution is 5.85. The Morgan fingerprint density at radius 3 is 2.42 bits per heavy atom. The first-order valence-electron chi connectivity index (χ1n) is 5.06. The van der Waals surface area contributed by atoms with Gasteiger partial charge in [0.05, 0.1) is 4.92 Å². The first kappa shape index (κ1) is 19.6. The molecule has 0 saturated heterocycles. The maximum Gasteiger partial charge on any atom is 0.320 e. The van der Waals surface area contributed by atoms with Crippen LogP contribution in [0.4, 0.5) is 5.69 Å². The van der Waals surface area contributed by atoms with Crippen LogP contribution in [-0.4, -0.2) is 27.5 Å². The van der Waals surface area contributed by atoms with E-state index in [0.29, 0.717) is 5.56 Å². The van der Waals surface area contributed by atoms with Crippen LogP contribution in [0, 0.1) is 24.0 Å². The molecule has 7 nitrogen and oxygen atoms in total. The molecular formula is C11H17ClN2O5. The van der Waals surface area contributed by atoms with Crippen LogP contribution >= 0.6 is 12.4 Å². The van der Waals surface area contributed by atoms with E-state index in [-0.39, 0.29) is 30.0 Å². The molecule has 8 heteroatoms. The molecule has 0 bridgehead atoms. The summed E-state index contributed by atoms with van der Waals surface area (Å²) in [7, 11) is 0. The SMILES string of the molecule is Cc1ccc([N+](=O)[O-])c(CC(N)C(=O)O)c1C.Cl.O. The molecule has 1 atom stereocenters. The number of rotatable bonds is 4. The summed E-state index contributed by atoms with van der Waals surface area (Å²) in [5.74, 6) is -1.17. The van der Waals surface area contributed by atoms with Gasteiger partial charge in [-0.2, -0.15) is 0 Å². The quantitative estimate of drug-likeness (QED) is 0.623. The van der Waals surface area contributed by atoms with E-state index in [9.17, 15) is 14.9 Å². The Balaban J connectivity index is 0. The van der Waals surface area contributed by atoms with Crippen molar-refractivity contribution >= 4 is 24.1 Å². The molecule has 19 heavy (non-hydrogen) atoms. The van der Waals surface area contributed by atoms with Crippen molar-refractivity contribution in [3.63, 3.8) is 0 Å². The van der Waals surface area contributed by atoms with E-state index in [1.165, 1.54) is 6.07 Å². The lowest BCUT2D eigenvalue weighted by molar-refractivity contribution is -0.385. The molecule has 0 saturated carbocycles. The highest BCUT2D eigenvalue weighted by atomic mass is 35.5. The van der Waals surface area contributed by atoms with Crippen LogP contribution in [-0.2, 0) is 11.2 Å². The van der Waals surface area contributed by atoms with Gasteiger partial charge in [0.2, 0.25) is 0 Å². The number of carbonyl (C=O) groups is 1. The lowest BCUT2D eigenvalue weighted by Gasteiger charge is -2.11. The summed E-state index contributed by atoms with van der Waals surface area (Å²) in [4.78, 5) is 21.0. The molecule has 0 aromatic heterocycles. The van der Waals surface area contributed by atoms with Gasteiger partial charge in [-0.1, -0.05) is 6.07 Å². The number of carboxylic acids is 1. The Morgan fingerprint density at radius 2 is 2.00 bits per heavy atom. The number of carboxylic acid groups (broad SMARTS) is 1. The number of nitrogens with two attached hydrogens (primary N) is 1. The van der Waals surface area contributed by atoms with Crippen molar-refractivity contribution < 1.29 is 20.3 Å². The lowest BCUT2D eigenvalue weighted by Crippen LogP contribution is -2.32. The minimum absolute atomic E-state index is 0. The molecule has 0 aliphatic rings. The van der Waals surface area contributed by atoms with E-state index in [1.807, 2.05) is 6.92 Å². The summed E-state index contributed by atoms with van der Waals surface area (Å²) in [6.45, 7) is 3.54. The van der Waals surface area contributed by atoms with Crippen molar-refractivity contribution in [2.24, 2.45) is 5.73 Å². The van der Waals surface area contributed by atoms with E-state index in [2.05, 4.69) is 0 Å². The lowest BCUT2D eigenvalue weighted by atomic mass is 9.96. The van der Waals surface area contributed by atoms with Gasteiger partial charge in [-0.05, 0) is 25.0 Å². The third kappa shape index (κ3) is 4.47. The maximum absolute atomic E-state index is 10.9. The largest absolute Gasteiger partial charge is 0.480 e. The zero-order valence-electron chi connectivity index (χ0n) is 10.5. The Hall–Kier alpha value is -1.70. The van der Waals surface area contributed by atoms with Crippen LogP contribution in [0.3, 0.4) is 0 Å². The molecule has 1 rings (SSSR count). The van der Waals surface area contributed by atoms with Crippen LogP contribution in [0.1, 0.15) is 16.7 Å². The third-order valence-corrected chi connectivity index (χ3v) is 2.78. The summed E-state index contributed by atoms with van der Waals surface area (Å²) in [5, 5.41) is 19.6. The first-order chi connectivity index (χ1) is 7.84. The van der Waals surface area contributed by atoms with Gasteiger partial charge >= 0.3 is 5.97 Å². The van der Waals surface area contributed by atoms with E-state index in [0.717, 1.165) is 11.1 Å². The van der Waals surface area contributed by atoms with Crippen molar-refractivity contribution in [3.8, 4) is 0 Å². The highest BCUT2D eigenvalue weighted by Crippen LogP contribution is 2.25. The van der Waals surface area contributed by atoms with Crippen molar-refractivity contribution in [2.45, 2.75) is 26.3 Å². The Kier molecular flexibility index (Phi) is 7.93. The fourth-order valence-electron chi connectivity index (χ4n) is 1.60. The van der Waals surface area contributed by atoms with Gasteiger partial charge in [0.1, 0.15) is 6.04 Å². The number of aryl methyl sites for hydroxylation is 1. The number of halogens is 1. The normalized spacial score (nSPS) is 10.9. The van der Waals surface area contributed by atoms with Gasteiger partial charge < -0.3 is 16.3 Å². The summed E-state index contributed by atoms with van der Waals surface area (Å²) in [6.07, 6.45) is -0.0425. The summed E-state index contributed by atoms with van der Waals surface area (Å²) in [6, 6.07) is 1.89. The summed E-state index contributed by atoms with van der Waals surface area (Å²) >= 11 is 0. The molecule has 0 aliphatic carbocycles. The monoisotopic (exact) mass is 292 g/mol. The van der Waals surface area contributed by atoms with E-state index in [1.54, 1.807) is 13.0 Å². The standard InChI is InChI=1S/C11H14N2O4.ClH.H2O/c1-6-3-4-10(13(16)17)8(7(6)2)5-9(12)11(14)15;;/h3-4,9H,5,12H2,1-2H3,(H,14,15);1H;1H2. The summed E-state index contributed by atoms with van der Waals surface area (Å²) < 4.78 is 0. The molecule has 0 spiro atoms. The van der Waals surface area contributed by atoms with Crippen LogP contribution < -0.4 is 5.73 Å². The van der Waals surface area contributed by atoms with Crippen LogP contribution in [0.25, 0.3) is 0 Å². The van der Waals surface area contributed by atoms with Crippen molar-refractivity contribution in [1.82, 2.24) is 0 Å². The zero-order valence-corrected chi connectivity index (χ0v) is 11.4. The van der Waals surface area contributed by atoms with Gasteiger partial charge in [0.25, 0.3) is 5.69 Å². The van der Waals surface area contributed by atoms with Gasteiger partial charge in [-0.3, -0.25) is 14.9 Å². The minimum atomic E-state index is -1.17. The second-order valence-electron chi connectivity index (χ2n) is 3.91. The van der Waals surface area contributed by atoms with Crippen molar-refractivity contribution in [3.05, 3.63) is 38.9 Å². The minimum Gasteiger partial charge on any atom is -0.480 e. The Labute approximate surface area is 116 Å². The van der Waals surface area contributed by atoms with Gasteiger partial charge in [-0.15, -0.1) is 12.4 Å². The van der Waals surface area contributed by atoms with Gasteiger partial charge in [0.15, 0.2) is 0 Å². The second kappa shape index (κ2) is 7.67. The van der Waals surface area contributed by atoms with Gasteiger partial charge in [0, 0.05) is 18.1 Å². The zero-order chi connectivity index (χ0) is 13.2. The molecule has 108 valence electrons. The summed E-state index contributed by atoms with van der Waals surface area (Å²) in [5.41, 5.74) is 7.33. The maximum atomic E-state index is 10.9. The first-order valence-corrected chi connectivity index (χ1v) is 5.06. The smallest absolute Gasteiger partial charge is 0.320 e. The molecular weight excluding hydrogens is 276 g/mol. The van der Waals surface area contributed by atoms with Crippen LogP contribution in [0.15, 0.2) is 12.1 Å². The number of nitrogens with zero attached hydrogens (tertiary/aromatic N) is 1. The van der Waals surface area contributed by atoms with Crippen molar-refractivity contribution in [1.29, 1.82) is 0 Å². The number of benzene rings is 1. The Morgan fingerprint density at radius 1 is 1.47 bits per heavy atom. The van der Waals surface area contributed by atoms with Crippen molar-refractivity contribution in [2.75, 3.05) is 0 Å². The van der Waals surface area contributed by atoms with E-state index < -0.39 is 16.9 Å². The molecule has 1 aromatic carbocycles. The van der Waals surface area contributed by atoms with Gasteiger partial charge in [-0.25, -0.2) is 0 Å². The molecule has 0 amide bonds. The fraction of sp³-hybridized carbons (Fsp3) is 0.364. The number of hydrogen-bond acceptors (Lipinski definition) is 4. The molecule has 0 heterocycles. The molecule has 5 N–H and O–H groups in total. The fourth-order valence-corrected chi connectivity index (χ4v) is 1.60. The molecule has 1 aromatic rings. The highest BCUT2D eigenvalue weighted by Gasteiger charge is 2.22. The predicted octanol–water partition coefficient (Wildman–Crippen LogP) is 0.763. The average molecular weight is 293 g/mol. The number of nitro benzene ring substituents is 1. The number of aliphatic carboxylic acids is 1. The van der Waals surface area contributed by atoms with Crippen LogP contribution in [0.2, 0.25) is 0 Å². The van der Waals surface area contributed by atoms with E-state index in [4.69, 9.17) is 10.8 Å². The molecule has 0 radical (unpaired) electrons. The second-order valence-corrected chi connectivity index (χ2v) is 3.91. The number of nitro groups is 1. The van der Waals surface area contributed by atoms with Crippen LogP contribution in [0.5, 0.6) is 0 Å². The average Bonchev–Trinajstić information content (AvgIpc) is 2.24.